The van der Waals surface area contributed by atoms with Gasteiger partial charge in [-0.15, -0.1) is 0 Å². The van der Waals surface area contributed by atoms with Crippen LogP contribution in [0.5, 0.6) is 0 Å². The molecule has 0 spiro atoms. The molecule has 0 radical (unpaired) electrons. The van der Waals surface area contributed by atoms with E-state index in [9.17, 15) is 14.0 Å². The van der Waals surface area contributed by atoms with Crippen molar-refractivity contribution in [1.29, 1.82) is 0 Å². The predicted octanol–water partition coefficient (Wildman–Crippen LogP) is 2.36. The lowest BCUT2D eigenvalue weighted by Gasteiger charge is -2.22. The van der Waals surface area contributed by atoms with Crippen LogP contribution >= 0.6 is 0 Å². The summed E-state index contributed by atoms with van der Waals surface area (Å²) in [5.74, 6) is -2.00. The van der Waals surface area contributed by atoms with E-state index in [0.29, 0.717) is 5.56 Å². The first-order chi connectivity index (χ1) is 10.7. The molecule has 1 saturated heterocycles. The van der Waals surface area contributed by atoms with Gasteiger partial charge in [-0.3, -0.25) is 14.9 Å². The lowest BCUT2D eigenvalue weighted by atomic mass is 9.93. The van der Waals surface area contributed by atoms with Crippen LogP contribution in [-0.4, -0.2) is 30.7 Å². The van der Waals surface area contributed by atoms with Crippen LogP contribution in [0.4, 0.5) is 4.39 Å². The van der Waals surface area contributed by atoms with Crippen LogP contribution in [0.25, 0.3) is 0 Å². The molecule has 5 nitrogen and oxygen atoms in total. The van der Waals surface area contributed by atoms with Crippen molar-refractivity contribution in [3.8, 4) is 0 Å². The highest BCUT2D eigenvalue weighted by Crippen LogP contribution is 2.35. The second-order valence-corrected chi connectivity index (χ2v) is 6.62. The summed E-state index contributed by atoms with van der Waals surface area (Å²) in [5, 5.41) is 3.02. The van der Waals surface area contributed by atoms with E-state index in [1.54, 1.807) is 39.0 Å². The summed E-state index contributed by atoms with van der Waals surface area (Å²) < 4.78 is 24.2. The van der Waals surface area contributed by atoms with E-state index in [0.717, 1.165) is 0 Å². The number of halogens is 1. The summed E-state index contributed by atoms with van der Waals surface area (Å²) >= 11 is 0. The van der Waals surface area contributed by atoms with Crippen molar-refractivity contribution in [1.82, 2.24) is 5.32 Å². The average Bonchev–Trinajstić information content (AvgIpc) is 2.90. The summed E-state index contributed by atoms with van der Waals surface area (Å²) in [5.41, 5.74) is -0.288. The topological polar surface area (TPSA) is 64.6 Å². The van der Waals surface area contributed by atoms with Gasteiger partial charge in [0.25, 0.3) is 0 Å². The standard InChI is InChI=1S/C17H22FNO4/c1-17(2,3)23-16(21)13-9-11(15(20)22-4)14(19-13)10-7-5-6-8-12(10)18/h5-8,11,13-14,19H,9H2,1-4H3. The molecule has 1 heterocycles. The molecule has 1 aromatic carbocycles. The number of benzene rings is 1. The first kappa shape index (κ1) is 17.4. The number of nitrogens with one attached hydrogen (secondary N) is 1. The van der Waals surface area contributed by atoms with Gasteiger partial charge in [-0.1, -0.05) is 18.2 Å². The molecule has 0 saturated carbocycles. The third kappa shape index (κ3) is 4.07. The second-order valence-electron chi connectivity index (χ2n) is 6.62. The Morgan fingerprint density at radius 1 is 1.22 bits per heavy atom. The number of hydrogen-bond donors (Lipinski definition) is 1. The maximum absolute atomic E-state index is 14.1. The summed E-state index contributed by atoms with van der Waals surface area (Å²) in [6.45, 7) is 5.31. The Kier molecular flexibility index (Phi) is 5.04. The van der Waals surface area contributed by atoms with Gasteiger partial charge in [-0.05, 0) is 33.3 Å². The first-order valence-corrected chi connectivity index (χ1v) is 7.54. The molecular formula is C17H22FNO4. The van der Waals surface area contributed by atoms with Gasteiger partial charge in [0.15, 0.2) is 0 Å². The largest absolute Gasteiger partial charge is 0.469 e. The molecule has 126 valence electrons. The number of carbonyl (C=O) groups excluding carboxylic acids is 2. The van der Waals surface area contributed by atoms with Crippen molar-refractivity contribution in [2.24, 2.45) is 5.92 Å². The summed E-state index contributed by atoms with van der Waals surface area (Å²) in [6, 6.07) is 4.89. The van der Waals surface area contributed by atoms with E-state index in [2.05, 4.69) is 5.32 Å². The van der Waals surface area contributed by atoms with Crippen molar-refractivity contribution in [2.75, 3.05) is 7.11 Å². The van der Waals surface area contributed by atoms with Crippen molar-refractivity contribution in [3.05, 3.63) is 35.6 Å². The number of ether oxygens (including phenoxy) is 2. The zero-order valence-corrected chi connectivity index (χ0v) is 13.8. The fourth-order valence-electron chi connectivity index (χ4n) is 2.75. The molecule has 3 unspecified atom stereocenters. The first-order valence-electron chi connectivity index (χ1n) is 7.54. The third-order valence-electron chi connectivity index (χ3n) is 3.71. The Morgan fingerprint density at radius 2 is 1.87 bits per heavy atom. The van der Waals surface area contributed by atoms with E-state index in [1.807, 2.05) is 0 Å². The van der Waals surface area contributed by atoms with Crippen LogP contribution in [0, 0.1) is 11.7 Å². The minimum atomic E-state index is -0.678. The van der Waals surface area contributed by atoms with Crippen LogP contribution < -0.4 is 5.32 Å². The molecular weight excluding hydrogens is 301 g/mol. The van der Waals surface area contributed by atoms with Crippen LogP contribution in [0.1, 0.15) is 38.8 Å². The Balaban J connectivity index is 2.25. The number of methoxy groups -OCH3 is 1. The van der Waals surface area contributed by atoms with Crippen molar-refractivity contribution >= 4 is 11.9 Å². The van der Waals surface area contributed by atoms with Gasteiger partial charge in [0.05, 0.1) is 13.0 Å². The third-order valence-corrected chi connectivity index (χ3v) is 3.71. The van der Waals surface area contributed by atoms with Crippen LogP contribution in [0.3, 0.4) is 0 Å². The summed E-state index contributed by atoms with van der Waals surface area (Å²) in [7, 11) is 1.28. The minimum Gasteiger partial charge on any atom is -0.469 e. The van der Waals surface area contributed by atoms with Gasteiger partial charge in [0, 0.05) is 11.6 Å². The zero-order chi connectivity index (χ0) is 17.2. The highest BCUT2D eigenvalue weighted by molar-refractivity contribution is 5.81. The lowest BCUT2D eigenvalue weighted by molar-refractivity contribution is -0.157. The van der Waals surface area contributed by atoms with Crippen LogP contribution in [-0.2, 0) is 19.1 Å². The lowest BCUT2D eigenvalue weighted by Crippen LogP contribution is -2.38. The molecule has 1 N–H and O–H groups in total. The quantitative estimate of drug-likeness (QED) is 0.865. The number of esters is 2. The van der Waals surface area contributed by atoms with E-state index in [-0.39, 0.29) is 6.42 Å². The molecule has 1 aliphatic heterocycles. The Hall–Kier alpha value is -1.95. The molecule has 0 bridgehead atoms. The molecule has 3 atom stereocenters. The molecule has 1 aromatic rings. The SMILES string of the molecule is COC(=O)C1CC(C(=O)OC(C)(C)C)NC1c1ccccc1F. The average molecular weight is 323 g/mol. The van der Waals surface area contributed by atoms with E-state index in [1.165, 1.54) is 13.2 Å². The highest BCUT2D eigenvalue weighted by atomic mass is 19.1. The van der Waals surface area contributed by atoms with Gasteiger partial charge in [0.2, 0.25) is 0 Å². The summed E-state index contributed by atoms with van der Waals surface area (Å²) in [6.07, 6.45) is 0.209. The number of carbonyl (C=O) groups is 2. The van der Waals surface area contributed by atoms with Gasteiger partial charge in [0.1, 0.15) is 17.5 Å². The van der Waals surface area contributed by atoms with Gasteiger partial charge < -0.3 is 9.47 Å². The number of hydrogen-bond acceptors (Lipinski definition) is 5. The molecule has 2 rings (SSSR count). The fourth-order valence-corrected chi connectivity index (χ4v) is 2.75. The highest BCUT2D eigenvalue weighted by Gasteiger charge is 2.44. The van der Waals surface area contributed by atoms with Gasteiger partial charge in [-0.25, -0.2) is 4.39 Å². The van der Waals surface area contributed by atoms with E-state index in [4.69, 9.17) is 9.47 Å². The molecule has 1 aliphatic rings. The molecule has 1 fully saturated rings. The smallest absolute Gasteiger partial charge is 0.323 e. The van der Waals surface area contributed by atoms with E-state index < -0.39 is 41.4 Å². The van der Waals surface area contributed by atoms with Crippen molar-refractivity contribution in [3.63, 3.8) is 0 Å². The predicted molar refractivity (Wildman–Crippen MR) is 82.0 cm³/mol. The van der Waals surface area contributed by atoms with Crippen molar-refractivity contribution < 1.29 is 23.5 Å². The van der Waals surface area contributed by atoms with Gasteiger partial charge in [-0.2, -0.15) is 0 Å². The monoisotopic (exact) mass is 323 g/mol. The Morgan fingerprint density at radius 3 is 2.43 bits per heavy atom. The normalized spacial score (nSPS) is 24.3. The molecule has 23 heavy (non-hydrogen) atoms. The zero-order valence-electron chi connectivity index (χ0n) is 13.8. The maximum atomic E-state index is 14.1. The molecule has 0 aliphatic carbocycles. The van der Waals surface area contributed by atoms with Crippen LogP contribution in [0.15, 0.2) is 24.3 Å². The Bertz CT molecular complexity index is 597. The summed E-state index contributed by atoms with van der Waals surface area (Å²) in [4.78, 5) is 24.3. The second kappa shape index (κ2) is 6.66. The fraction of sp³-hybridized carbons (Fsp3) is 0.529. The molecule has 0 aromatic heterocycles. The minimum absolute atomic E-state index is 0.209. The Labute approximate surface area is 135 Å². The van der Waals surface area contributed by atoms with Crippen LogP contribution in [0.2, 0.25) is 0 Å². The van der Waals surface area contributed by atoms with Crippen molar-refractivity contribution in [2.45, 2.75) is 44.9 Å². The van der Waals surface area contributed by atoms with Gasteiger partial charge >= 0.3 is 11.9 Å². The molecule has 6 heteroatoms. The molecule has 0 amide bonds. The number of rotatable bonds is 3. The maximum Gasteiger partial charge on any atom is 0.323 e. The van der Waals surface area contributed by atoms with E-state index >= 15 is 0 Å².